The van der Waals surface area contributed by atoms with Crippen molar-refractivity contribution < 1.29 is 9.59 Å². The van der Waals surface area contributed by atoms with Crippen molar-refractivity contribution in [3.8, 4) is 0 Å². The van der Waals surface area contributed by atoms with Gasteiger partial charge in [-0.05, 0) is 70.2 Å². The van der Waals surface area contributed by atoms with Crippen molar-refractivity contribution in [3.05, 3.63) is 82.4 Å². The van der Waals surface area contributed by atoms with Crippen molar-refractivity contribution in [2.45, 2.75) is 65.0 Å². The van der Waals surface area contributed by atoms with Gasteiger partial charge in [0, 0.05) is 18.5 Å². The highest BCUT2D eigenvalue weighted by Crippen LogP contribution is 2.49. The molecule has 0 bridgehead atoms. The fourth-order valence-corrected chi connectivity index (χ4v) is 5.17. The highest BCUT2D eigenvalue weighted by molar-refractivity contribution is 5.98. The first-order valence-electron chi connectivity index (χ1n) is 12.0. The van der Waals surface area contributed by atoms with Gasteiger partial charge in [0.1, 0.15) is 0 Å². The van der Waals surface area contributed by atoms with Gasteiger partial charge in [-0.25, -0.2) is 0 Å². The van der Waals surface area contributed by atoms with Gasteiger partial charge >= 0.3 is 0 Å². The third-order valence-electron chi connectivity index (χ3n) is 6.92. The molecule has 1 fully saturated rings. The molecule has 0 aliphatic heterocycles. The zero-order valence-corrected chi connectivity index (χ0v) is 19.8. The van der Waals surface area contributed by atoms with Crippen LogP contribution in [0, 0.1) is 5.41 Å². The van der Waals surface area contributed by atoms with E-state index in [2.05, 4.69) is 41.0 Å². The maximum Gasteiger partial charge on any atom is 0.252 e. The molecule has 4 nitrogen and oxygen atoms in total. The van der Waals surface area contributed by atoms with Gasteiger partial charge in [-0.3, -0.25) is 9.59 Å². The van der Waals surface area contributed by atoms with Crippen molar-refractivity contribution in [3.63, 3.8) is 0 Å². The summed E-state index contributed by atoms with van der Waals surface area (Å²) >= 11 is 0. The lowest BCUT2D eigenvalue weighted by molar-refractivity contribution is -0.122. The van der Waals surface area contributed by atoms with Gasteiger partial charge in [0.2, 0.25) is 5.91 Å². The summed E-state index contributed by atoms with van der Waals surface area (Å²) in [6.45, 7) is 6.49. The van der Waals surface area contributed by atoms with E-state index in [-0.39, 0.29) is 22.8 Å². The van der Waals surface area contributed by atoms with E-state index in [0.29, 0.717) is 18.5 Å². The fourth-order valence-electron chi connectivity index (χ4n) is 5.17. The molecule has 0 atom stereocenters. The Morgan fingerprint density at radius 2 is 1.64 bits per heavy atom. The molecule has 4 heteroatoms. The van der Waals surface area contributed by atoms with Crippen LogP contribution in [0.1, 0.15) is 72.6 Å². The van der Waals surface area contributed by atoms with E-state index in [0.717, 1.165) is 31.2 Å². The van der Waals surface area contributed by atoms with Crippen LogP contribution in [-0.4, -0.2) is 11.8 Å². The Bertz CT molecular complexity index is 1240. The number of hydrogen-bond acceptors (Lipinski definition) is 2. The topological polar surface area (TPSA) is 58.2 Å². The van der Waals surface area contributed by atoms with Gasteiger partial charge in [0.15, 0.2) is 0 Å². The molecule has 0 aromatic heterocycles. The minimum absolute atomic E-state index is 0.00394. The van der Waals surface area contributed by atoms with Crippen molar-refractivity contribution in [2.75, 3.05) is 0 Å². The van der Waals surface area contributed by atoms with Crippen molar-refractivity contribution in [1.29, 1.82) is 0 Å². The Labute approximate surface area is 195 Å². The molecule has 3 aromatic carbocycles. The van der Waals surface area contributed by atoms with Crippen molar-refractivity contribution >= 4 is 22.6 Å². The Morgan fingerprint density at radius 3 is 2.36 bits per heavy atom. The molecular weight excluding hydrogens is 408 g/mol. The molecule has 3 aromatic rings. The van der Waals surface area contributed by atoms with Crippen LogP contribution in [0.5, 0.6) is 0 Å². The quantitative estimate of drug-likeness (QED) is 0.538. The molecule has 2 aliphatic rings. The number of carbonyl (C=O) groups is 2. The third-order valence-corrected chi connectivity index (χ3v) is 6.92. The number of aryl methyl sites for hydroxylation is 2. The predicted molar refractivity (Wildman–Crippen MR) is 132 cm³/mol. The first-order chi connectivity index (χ1) is 15.8. The number of rotatable bonds is 6. The summed E-state index contributed by atoms with van der Waals surface area (Å²) in [5.74, 6) is -0.0688. The number of carbonyl (C=O) groups excluding carboxylic acids is 2. The average Bonchev–Trinajstić information content (AvgIpc) is 3.42. The minimum atomic E-state index is -0.306. The number of nitrogens with one attached hydrogen (secondary N) is 2. The maximum absolute atomic E-state index is 13.4. The van der Waals surface area contributed by atoms with Gasteiger partial charge in [-0.15, -0.1) is 0 Å². The summed E-state index contributed by atoms with van der Waals surface area (Å²) in [6, 6.07) is 18.6. The second-order valence-electron chi connectivity index (χ2n) is 10.8. The third kappa shape index (κ3) is 4.27. The Morgan fingerprint density at radius 1 is 0.909 bits per heavy atom. The smallest absolute Gasteiger partial charge is 0.252 e. The second-order valence-corrected chi connectivity index (χ2v) is 10.8. The van der Waals surface area contributed by atoms with E-state index < -0.39 is 0 Å². The zero-order chi connectivity index (χ0) is 23.2. The van der Waals surface area contributed by atoms with Gasteiger partial charge in [0.25, 0.3) is 5.91 Å². The number of benzene rings is 3. The van der Waals surface area contributed by atoms with E-state index in [4.69, 9.17) is 0 Å². The van der Waals surface area contributed by atoms with E-state index >= 15 is 0 Å². The van der Waals surface area contributed by atoms with Crippen molar-refractivity contribution in [1.82, 2.24) is 10.6 Å². The maximum atomic E-state index is 13.4. The molecule has 1 saturated carbocycles. The average molecular weight is 441 g/mol. The van der Waals surface area contributed by atoms with Crippen LogP contribution in [0.4, 0.5) is 0 Å². The van der Waals surface area contributed by atoms with Crippen LogP contribution in [-0.2, 0) is 29.7 Å². The molecule has 5 rings (SSSR count). The molecule has 0 saturated heterocycles. The summed E-state index contributed by atoms with van der Waals surface area (Å²) in [5, 5.41) is 9.02. The van der Waals surface area contributed by atoms with Gasteiger partial charge in [0.05, 0.1) is 5.54 Å². The zero-order valence-electron chi connectivity index (χ0n) is 19.8. The predicted octanol–water partition coefficient (Wildman–Crippen LogP) is 5.41. The van der Waals surface area contributed by atoms with Gasteiger partial charge < -0.3 is 10.6 Å². The highest BCUT2D eigenvalue weighted by atomic mass is 16.2. The molecule has 0 unspecified atom stereocenters. The molecule has 0 heterocycles. The van der Waals surface area contributed by atoms with E-state index in [1.807, 2.05) is 45.0 Å². The standard InChI is InChI=1S/C29H32N2O2/c1-28(2,3)17-25(32)30-18-21-7-4-5-9-22(21)27(33)31-29(15-16-29)24-14-13-20-12-11-19-8-6-10-23(24)26(19)20/h4-10,13-14H,11-12,15-18H2,1-3H3,(H,30,32)(H,31,33). The van der Waals surface area contributed by atoms with E-state index in [1.165, 1.54) is 27.5 Å². The first kappa shape index (κ1) is 21.7. The lowest BCUT2D eigenvalue weighted by Gasteiger charge is -2.22. The largest absolute Gasteiger partial charge is 0.352 e. The summed E-state index contributed by atoms with van der Waals surface area (Å²) in [5.41, 5.74) is 5.16. The normalized spacial score (nSPS) is 16.0. The van der Waals surface area contributed by atoms with Crippen LogP contribution in [0.15, 0.2) is 54.6 Å². The van der Waals surface area contributed by atoms with E-state index in [9.17, 15) is 9.59 Å². The second kappa shape index (κ2) is 8.02. The van der Waals surface area contributed by atoms with Crippen LogP contribution < -0.4 is 10.6 Å². The van der Waals surface area contributed by atoms with Crippen LogP contribution in [0.25, 0.3) is 10.8 Å². The summed E-state index contributed by atoms with van der Waals surface area (Å²) in [7, 11) is 0. The molecule has 2 amide bonds. The van der Waals surface area contributed by atoms with Crippen LogP contribution >= 0.6 is 0 Å². The lowest BCUT2D eigenvalue weighted by atomic mass is 9.92. The molecule has 170 valence electrons. The minimum Gasteiger partial charge on any atom is -0.352 e. The van der Waals surface area contributed by atoms with Crippen molar-refractivity contribution in [2.24, 2.45) is 5.41 Å². The van der Waals surface area contributed by atoms with Crippen LogP contribution in [0.2, 0.25) is 0 Å². The van der Waals surface area contributed by atoms with E-state index in [1.54, 1.807) is 0 Å². The van der Waals surface area contributed by atoms with Gasteiger partial charge in [-0.1, -0.05) is 69.3 Å². The molecule has 0 spiro atoms. The molecule has 0 radical (unpaired) electrons. The SMILES string of the molecule is CC(C)(C)CC(=O)NCc1ccccc1C(=O)NC1(c2ccc3c4c(cccc24)CC3)CC1. The molecule has 2 aliphatic carbocycles. The molecular formula is C29H32N2O2. The molecule has 33 heavy (non-hydrogen) atoms. The Balaban J connectivity index is 1.37. The van der Waals surface area contributed by atoms with Crippen LogP contribution in [0.3, 0.4) is 0 Å². The van der Waals surface area contributed by atoms with Gasteiger partial charge in [-0.2, -0.15) is 0 Å². The first-order valence-corrected chi connectivity index (χ1v) is 12.0. The molecule has 2 N–H and O–H groups in total. The summed E-state index contributed by atoms with van der Waals surface area (Å²) < 4.78 is 0. The number of amides is 2. The Hall–Kier alpha value is -3.14. The highest BCUT2D eigenvalue weighted by Gasteiger charge is 2.47. The summed E-state index contributed by atoms with van der Waals surface area (Å²) in [6.07, 6.45) is 4.55. The summed E-state index contributed by atoms with van der Waals surface area (Å²) in [4.78, 5) is 25.7. The fraction of sp³-hybridized carbons (Fsp3) is 0.379. The monoisotopic (exact) mass is 440 g/mol. The number of hydrogen-bond donors (Lipinski definition) is 2. The Kier molecular flexibility index (Phi) is 5.27. The lowest BCUT2D eigenvalue weighted by Crippen LogP contribution is -2.36.